The van der Waals surface area contributed by atoms with Gasteiger partial charge in [0.25, 0.3) is 0 Å². The Morgan fingerprint density at radius 3 is 2.58 bits per heavy atom. The molecule has 1 fully saturated rings. The Morgan fingerprint density at radius 1 is 1.23 bits per heavy atom. The Labute approximate surface area is 162 Å². The van der Waals surface area contributed by atoms with E-state index >= 15 is 0 Å². The fourth-order valence-corrected chi connectivity index (χ4v) is 5.07. The molecule has 26 heavy (non-hydrogen) atoms. The van der Waals surface area contributed by atoms with Gasteiger partial charge in [0, 0.05) is 26.1 Å². The highest BCUT2D eigenvalue weighted by molar-refractivity contribution is 7.89. The second-order valence-corrected chi connectivity index (χ2v) is 8.85. The molecule has 0 spiro atoms. The molecule has 3 rings (SSSR count). The fraction of sp³-hybridized carbons (Fsp3) is 0.611. The standard InChI is InChI=1S/C18H27N3O3S.ClH/c1-13-12-19-8-5-18(13)20-25(23,24)17-4-3-15-6-9-21(14(2)22)10-7-16(15)11-17;/h3-4,11,13,18-20H,5-10,12H2,1-2H3;1H. The molecular weight excluding hydrogens is 374 g/mol. The molecule has 146 valence electrons. The summed E-state index contributed by atoms with van der Waals surface area (Å²) in [5.74, 6) is 0.343. The third kappa shape index (κ3) is 4.76. The Bertz CT molecular complexity index is 754. The molecule has 6 nitrogen and oxygen atoms in total. The lowest BCUT2D eigenvalue weighted by Gasteiger charge is -2.30. The molecule has 2 atom stereocenters. The van der Waals surface area contributed by atoms with Gasteiger partial charge in [-0.05, 0) is 61.5 Å². The molecular formula is C18H28ClN3O3S. The van der Waals surface area contributed by atoms with Gasteiger partial charge < -0.3 is 10.2 Å². The lowest BCUT2D eigenvalue weighted by molar-refractivity contribution is -0.128. The summed E-state index contributed by atoms with van der Waals surface area (Å²) in [5.41, 5.74) is 2.17. The maximum atomic E-state index is 12.8. The summed E-state index contributed by atoms with van der Waals surface area (Å²) < 4.78 is 28.5. The predicted molar refractivity (Wildman–Crippen MR) is 104 cm³/mol. The van der Waals surface area contributed by atoms with Crippen LogP contribution in [-0.2, 0) is 27.7 Å². The fourth-order valence-electron chi connectivity index (χ4n) is 3.64. The van der Waals surface area contributed by atoms with Crippen molar-refractivity contribution < 1.29 is 13.2 Å². The summed E-state index contributed by atoms with van der Waals surface area (Å²) in [6.45, 7) is 6.65. The van der Waals surface area contributed by atoms with E-state index in [-0.39, 0.29) is 30.3 Å². The van der Waals surface area contributed by atoms with E-state index < -0.39 is 10.0 Å². The monoisotopic (exact) mass is 401 g/mol. The Kier molecular flexibility index (Phi) is 7.07. The first kappa shape index (κ1) is 21.2. The Hall–Kier alpha value is -1.15. The van der Waals surface area contributed by atoms with Gasteiger partial charge in [-0.2, -0.15) is 0 Å². The second-order valence-electron chi connectivity index (χ2n) is 7.13. The minimum atomic E-state index is -3.53. The highest BCUT2D eigenvalue weighted by Crippen LogP contribution is 2.22. The minimum Gasteiger partial charge on any atom is -0.342 e. The van der Waals surface area contributed by atoms with Crippen molar-refractivity contribution in [3.8, 4) is 0 Å². The van der Waals surface area contributed by atoms with E-state index in [2.05, 4.69) is 17.0 Å². The molecule has 2 unspecified atom stereocenters. The molecule has 2 aliphatic heterocycles. The van der Waals surface area contributed by atoms with Crippen molar-refractivity contribution in [2.75, 3.05) is 26.2 Å². The highest BCUT2D eigenvalue weighted by atomic mass is 35.5. The molecule has 8 heteroatoms. The van der Waals surface area contributed by atoms with Gasteiger partial charge >= 0.3 is 0 Å². The number of hydrogen-bond donors (Lipinski definition) is 2. The molecule has 2 heterocycles. The van der Waals surface area contributed by atoms with Crippen molar-refractivity contribution in [1.82, 2.24) is 14.9 Å². The Morgan fingerprint density at radius 2 is 1.92 bits per heavy atom. The third-order valence-corrected chi connectivity index (χ3v) is 6.81. The van der Waals surface area contributed by atoms with E-state index in [1.54, 1.807) is 19.1 Å². The van der Waals surface area contributed by atoms with Gasteiger partial charge in [0.05, 0.1) is 4.90 Å². The largest absolute Gasteiger partial charge is 0.342 e. The predicted octanol–water partition coefficient (Wildman–Crippen LogP) is 1.33. The van der Waals surface area contributed by atoms with E-state index in [1.165, 1.54) is 0 Å². The van der Waals surface area contributed by atoms with Crippen LogP contribution in [-0.4, -0.2) is 51.4 Å². The van der Waals surface area contributed by atoms with Crippen molar-refractivity contribution in [1.29, 1.82) is 0 Å². The van der Waals surface area contributed by atoms with E-state index in [0.29, 0.717) is 24.4 Å². The van der Waals surface area contributed by atoms with Crippen LogP contribution >= 0.6 is 12.4 Å². The van der Waals surface area contributed by atoms with Crippen LogP contribution in [0.25, 0.3) is 0 Å². The molecule has 0 radical (unpaired) electrons. The zero-order valence-corrected chi connectivity index (χ0v) is 17.0. The maximum Gasteiger partial charge on any atom is 0.240 e. The normalized spacial score (nSPS) is 23.5. The molecule has 0 bridgehead atoms. The number of carbonyl (C=O) groups excluding carboxylic acids is 1. The summed E-state index contributed by atoms with van der Waals surface area (Å²) in [7, 11) is -3.53. The third-order valence-electron chi connectivity index (χ3n) is 5.33. The molecule has 2 aliphatic rings. The Balaban J connectivity index is 0.00000243. The van der Waals surface area contributed by atoms with Gasteiger partial charge in [0.2, 0.25) is 15.9 Å². The lowest BCUT2D eigenvalue weighted by Crippen LogP contribution is -2.48. The first-order valence-corrected chi connectivity index (χ1v) is 10.5. The minimum absolute atomic E-state index is 0. The van der Waals surface area contributed by atoms with Crippen molar-refractivity contribution in [2.45, 2.75) is 44.0 Å². The summed E-state index contributed by atoms with van der Waals surface area (Å²) in [6, 6.07) is 5.35. The zero-order chi connectivity index (χ0) is 18.0. The smallest absolute Gasteiger partial charge is 0.240 e. The van der Waals surface area contributed by atoms with Crippen LogP contribution in [0.2, 0.25) is 0 Å². The number of fused-ring (bicyclic) bond motifs is 1. The number of nitrogens with one attached hydrogen (secondary N) is 2. The topological polar surface area (TPSA) is 78.5 Å². The number of rotatable bonds is 3. The van der Waals surface area contributed by atoms with Crippen LogP contribution in [0, 0.1) is 5.92 Å². The summed E-state index contributed by atoms with van der Waals surface area (Å²) in [5, 5.41) is 3.28. The first-order chi connectivity index (χ1) is 11.9. The van der Waals surface area contributed by atoms with Gasteiger partial charge in [-0.15, -0.1) is 12.4 Å². The zero-order valence-electron chi connectivity index (χ0n) is 15.3. The number of sulfonamides is 1. The van der Waals surface area contributed by atoms with Gasteiger partial charge in [0.1, 0.15) is 0 Å². The van der Waals surface area contributed by atoms with E-state index in [0.717, 1.165) is 37.1 Å². The van der Waals surface area contributed by atoms with E-state index in [1.807, 2.05) is 11.0 Å². The molecule has 0 saturated carbocycles. The number of amides is 1. The summed E-state index contributed by atoms with van der Waals surface area (Å²) in [4.78, 5) is 13.7. The lowest BCUT2D eigenvalue weighted by atomic mass is 9.97. The SMILES string of the molecule is CC(=O)N1CCc2ccc(S(=O)(=O)NC3CCNCC3C)cc2CC1.Cl. The van der Waals surface area contributed by atoms with Crippen molar-refractivity contribution in [2.24, 2.45) is 5.92 Å². The average Bonchev–Trinajstić information content (AvgIpc) is 2.79. The van der Waals surface area contributed by atoms with Gasteiger partial charge in [-0.25, -0.2) is 13.1 Å². The van der Waals surface area contributed by atoms with Gasteiger partial charge in [0.15, 0.2) is 0 Å². The number of carbonyl (C=O) groups is 1. The molecule has 1 saturated heterocycles. The maximum absolute atomic E-state index is 12.8. The number of benzene rings is 1. The summed E-state index contributed by atoms with van der Waals surface area (Å²) >= 11 is 0. The number of hydrogen-bond acceptors (Lipinski definition) is 4. The first-order valence-electron chi connectivity index (χ1n) is 8.97. The van der Waals surface area contributed by atoms with Crippen molar-refractivity contribution >= 4 is 28.3 Å². The van der Waals surface area contributed by atoms with Crippen molar-refractivity contribution in [3.63, 3.8) is 0 Å². The van der Waals surface area contributed by atoms with Crippen LogP contribution < -0.4 is 10.0 Å². The molecule has 0 aliphatic carbocycles. The van der Waals surface area contributed by atoms with Gasteiger partial charge in [-0.1, -0.05) is 13.0 Å². The summed E-state index contributed by atoms with van der Waals surface area (Å²) in [6.07, 6.45) is 2.27. The quantitative estimate of drug-likeness (QED) is 0.800. The molecule has 1 aromatic carbocycles. The van der Waals surface area contributed by atoms with Crippen LogP contribution in [0.1, 0.15) is 31.4 Å². The number of nitrogens with zero attached hydrogens (tertiary/aromatic N) is 1. The number of halogens is 1. The molecule has 1 aromatic rings. The van der Waals surface area contributed by atoms with Crippen LogP contribution in [0.5, 0.6) is 0 Å². The van der Waals surface area contributed by atoms with Crippen LogP contribution in [0.3, 0.4) is 0 Å². The van der Waals surface area contributed by atoms with Crippen LogP contribution in [0.15, 0.2) is 23.1 Å². The van der Waals surface area contributed by atoms with Gasteiger partial charge in [-0.3, -0.25) is 4.79 Å². The van der Waals surface area contributed by atoms with E-state index in [9.17, 15) is 13.2 Å². The molecule has 0 aromatic heterocycles. The molecule has 2 N–H and O–H groups in total. The highest BCUT2D eigenvalue weighted by Gasteiger charge is 2.27. The van der Waals surface area contributed by atoms with Crippen molar-refractivity contribution in [3.05, 3.63) is 29.3 Å². The van der Waals surface area contributed by atoms with Crippen LogP contribution in [0.4, 0.5) is 0 Å². The second kappa shape index (κ2) is 8.69. The number of piperidine rings is 1. The average molecular weight is 402 g/mol. The molecule has 1 amide bonds. The van der Waals surface area contributed by atoms with E-state index in [4.69, 9.17) is 0 Å².